The molecule has 1 saturated heterocycles. The molecule has 1 fully saturated rings. The summed E-state index contributed by atoms with van der Waals surface area (Å²) < 4.78 is 0. The topological polar surface area (TPSA) is 36.8 Å². The average molecular weight is 153 g/mol. The van der Waals surface area contributed by atoms with Crippen molar-refractivity contribution in [3.63, 3.8) is 0 Å². The van der Waals surface area contributed by atoms with Gasteiger partial charge in [0.15, 0.2) is 5.66 Å². The van der Waals surface area contributed by atoms with E-state index in [1.165, 1.54) is 12.8 Å². The van der Waals surface area contributed by atoms with Crippen LogP contribution in [-0.4, -0.2) is 18.8 Å². The normalized spacial score (nSPS) is 28.8. The molecule has 0 aromatic heterocycles. The largest absolute Gasteiger partial charge is 0.317 e. The van der Waals surface area contributed by atoms with Gasteiger partial charge < -0.3 is 5.32 Å². The number of nitrogens with zero attached hydrogens (tertiary/aromatic N) is 2. The van der Waals surface area contributed by atoms with Crippen LogP contribution in [0.4, 0.5) is 0 Å². The minimum Gasteiger partial charge on any atom is -0.317 e. The second-order valence-electron chi connectivity index (χ2n) is 3.46. The first-order valence-electron chi connectivity index (χ1n) is 4.52. The smallest absolute Gasteiger partial charge is 0.193 e. The quantitative estimate of drug-likeness (QED) is 0.642. The third-order valence-corrected chi connectivity index (χ3v) is 2.87. The zero-order valence-electron chi connectivity index (χ0n) is 7.01. The fraction of sp³-hybridized carbons (Fsp3) is 1.00. The van der Waals surface area contributed by atoms with Crippen LogP contribution in [0.2, 0.25) is 0 Å². The fourth-order valence-electron chi connectivity index (χ4n) is 1.94. The van der Waals surface area contributed by atoms with Gasteiger partial charge in [-0.1, -0.05) is 6.92 Å². The van der Waals surface area contributed by atoms with Gasteiger partial charge in [-0.3, -0.25) is 0 Å². The Kier molecular flexibility index (Phi) is 1.68. The van der Waals surface area contributed by atoms with E-state index in [2.05, 4.69) is 22.5 Å². The van der Waals surface area contributed by atoms with E-state index in [-0.39, 0.29) is 5.66 Å². The predicted molar refractivity (Wildman–Crippen MR) is 43.5 cm³/mol. The molecule has 0 amide bonds. The second kappa shape index (κ2) is 2.55. The predicted octanol–water partition coefficient (Wildman–Crippen LogP) is 1.56. The first-order valence-corrected chi connectivity index (χ1v) is 4.52. The molecule has 0 bridgehead atoms. The van der Waals surface area contributed by atoms with Gasteiger partial charge in [-0.2, -0.15) is 10.2 Å². The van der Waals surface area contributed by atoms with Crippen molar-refractivity contribution in [2.24, 2.45) is 16.1 Å². The fourth-order valence-corrected chi connectivity index (χ4v) is 1.94. The van der Waals surface area contributed by atoms with E-state index in [9.17, 15) is 0 Å². The van der Waals surface area contributed by atoms with Gasteiger partial charge in [0.1, 0.15) is 0 Å². The van der Waals surface area contributed by atoms with Crippen LogP contribution in [0.5, 0.6) is 0 Å². The Morgan fingerprint density at radius 3 is 2.45 bits per heavy atom. The van der Waals surface area contributed by atoms with Crippen molar-refractivity contribution in [3.8, 4) is 0 Å². The van der Waals surface area contributed by atoms with E-state index >= 15 is 0 Å². The molecule has 3 heteroatoms. The molecule has 0 aromatic carbocycles. The summed E-state index contributed by atoms with van der Waals surface area (Å²) in [5, 5.41) is 11.7. The third-order valence-electron chi connectivity index (χ3n) is 2.87. The van der Waals surface area contributed by atoms with E-state index in [0.29, 0.717) is 0 Å². The SMILES string of the molecule is CCC1(C2CCNCC2)N=N1. The maximum absolute atomic E-state index is 4.17. The van der Waals surface area contributed by atoms with Gasteiger partial charge in [-0.05, 0) is 32.4 Å². The van der Waals surface area contributed by atoms with Crippen molar-refractivity contribution in [1.82, 2.24) is 5.32 Å². The minimum atomic E-state index is 0.0715. The van der Waals surface area contributed by atoms with Crippen LogP contribution in [0.3, 0.4) is 0 Å². The summed E-state index contributed by atoms with van der Waals surface area (Å²) in [6, 6.07) is 0. The maximum atomic E-state index is 4.17. The van der Waals surface area contributed by atoms with Crippen molar-refractivity contribution < 1.29 is 0 Å². The maximum Gasteiger partial charge on any atom is 0.193 e. The van der Waals surface area contributed by atoms with E-state index in [0.717, 1.165) is 25.4 Å². The van der Waals surface area contributed by atoms with Crippen molar-refractivity contribution in [3.05, 3.63) is 0 Å². The van der Waals surface area contributed by atoms with E-state index < -0.39 is 0 Å². The van der Waals surface area contributed by atoms with Crippen LogP contribution in [0.1, 0.15) is 26.2 Å². The van der Waals surface area contributed by atoms with Gasteiger partial charge in [0.05, 0.1) is 0 Å². The van der Waals surface area contributed by atoms with E-state index in [1.54, 1.807) is 0 Å². The molecule has 2 aliphatic heterocycles. The number of rotatable bonds is 2. The molecule has 0 saturated carbocycles. The molecule has 2 rings (SSSR count). The summed E-state index contributed by atoms with van der Waals surface area (Å²) in [5.74, 6) is 0.730. The van der Waals surface area contributed by atoms with Crippen LogP contribution in [0.25, 0.3) is 0 Å². The molecule has 2 aliphatic rings. The summed E-state index contributed by atoms with van der Waals surface area (Å²) in [6.07, 6.45) is 3.60. The Labute approximate surface area is 67.3 Å². The highest BCUT2D eigenvalue weighted by Crippen LogP contribution is 2.43. The summed E-state index contributed by atoms with van der Waals surface area (Å²) in [4.78, 5) is 0. The molecule has 11 heavy (non-hydrogen) atoms. The highest BCUT2D eigenvalue weighted by atomic mass is 15.4. The molecule has 0 atom stereocenters. The molecule has 62 valence electrons. The van der Waals surface area contributed by atoms with Gasteiger partial charge in [0.25, 0.3) is 0 Å². The lowest BCUT2D eigenvalue weighted by Crippen LogP contribution is -2.35. The van der Waals surface area contributed by atoms with Crippen molar-refractivity contribution in [2.75, 3.05) is 13.1 Å². The monoisotopic (exact) mass is 153 g/mol. The molecule has 1 N–H and O–H groups in total. The van der Waals surface area contributed by atoms with Gasteiger partial charge in [0.2, 0.25) is 0 Å². The summed E-state index contributed by atoms with van der Waals surface area (Å²) in [7, 11) is 0. The lowest BCUT2D eigenvalue weighted by atomic mass is 9.86. The minimum absolute atomic E-state index is 0.0715. The highest BCUT2D eigenvalue weighted by molar-refractivity contribution is 4.99. The summed E-state index contributed by atoms with van der Waals surface area (Å²) >= 11 is 0. The van der Waals surface area contributed by atoms with E-state index in [4.69, 9.17) is 0 Å². The lowest BCUT2D eigenvalue weighted by molar-refractivity contribution is 0.279. The molecule has 0 aliphatic carbocycles. The standard InChI is InChI=1S/C8H15N3/c1-2-8(10-11-8)7-3-5-9-6-4-7/h7,9H,2-6H2,1H3. The molecule has 0 radical (unpaired) electrons. The van der Waals surface area contributed by atoms with Crippen molar-refractivity contribution >= 4 is 0 Å². The molecular weight excluding hydrogens is 138 g/mol. The van der Waals surface area contributed by atoms with E-state index in [1.807, 2.05) is 0 Å². The zero-order valence-corrected chi connectivity index (χ0v) is 7.01. The van der Waals surface area contributed by atoms with Crippen LogP contribution < -0.4 is 5.32 Å². The number of nitrogens with one attached hydrogen (secondary N) is 1. The van der Waals surface area contributed by atoms with Gasteiger partial charge in [-0.15, -0.1) is 0 Å². The number of hydrogen-bond donors (Lipinski definition) is 1. The van der Waals surface area contributed by atoms with Crippen LogP contribution in [0.15, 0.2) is 10.2 Å². The van der Waals surface area contributed by atoms with Crippen LogP contribution in [-0.2, 0) is 0 Å². The Morgan fingerprint density at radius 1 is 1.36 bits per heavy atom. The van der Waals surface area contributed by atoms with Gasteiger partial charge in [-0.25, -0.2) is 0 Å². The summed E-state index contributed by atoms with van der Waals surface area (Å²) in [6.45, 7) is 4.48. The Morgan fingerprint density at radius 2 is 2.00 bits per heavy atom. The Balaban J connectivity index is 1.92. The van der Waals surface area contributed by atoms with Gasteiger partial charge in [0, 0.05) is 5.92 Å². The summed E-state index contributed by atoms with van der Waals surface area (Å²) in [5.41, 5.74) is 0.0715. The first kappa shape index (κ1) is 7.22. The molecule has 0 spiro atoms. The van der Waals surface area contributed by atoms with Crippen molar-refractivity contribution in [2.45, 2.75) is 31.8 Å². The highest BCUT2D eigenvalue weighted by Gasteiger charge is 2.45. The van der Waals surface area contributed by atoms with Gasteiger partial charge >= 0.3 is 0 Å². The third kappa shape index (κ3) is 1.18. The first-order chi connectivity index (χ1) is 5.37. The molecule has 3 nitrogen and oxygen atoms in total. The zero-order chi connectivity index (χ0) is 7.73. The Hall–Kier alpha value is -0.440. The number of hydrogen-bond acceptors (Lipinski definition) is 3. The Bertz CT molecular complexity index is 164. The molecule has 2 heterocycles. The van der Waals surface area contributed by atoms with Crippen LogP contribution in [0, 0.1) is 5.92 Å². The second-order valence-corrected chi connectivity index (χ2v) is 3.46. The lowest BCUT2D eigenvalue weighted by Gasteiger charge is -2.26. The van der Waals surface area contributed by atoms with Crippen LogP contribution >= 0.6 is 0 Å². The average Bonchev–Trinajstić information content (AvgIpc) is 2.86. The molecule has 0 aromatic rings. The molecule has 0 unspecified atom stereocenters. The van der Waals surface area contributed by atoms with Crippen molar-refractivity contribution in [1.29, 1.82) is 0 Å². The number of piperidine rings is 1. The molecular formula is C8H15N3.